The summed E-state index contributed by atoms with van der Waals surface area (Å²) in [5.74, 6) is 0.859. The van der Waals surface area contributed by atoms with Crippen LogP contribution in [0.1, 0.15) is 52.9 Å². The van der Waals surface area contributed by atoms with Crippen molar-refractivity contribution in [3.63, 3.8) is 0 Å². The van der Waals surface area contributed by atoms with Gasteiger partial charge in [-0.1, -0.05) is 33.6 Å². The van der Waals surface area contributed by atoms with Crippen LogP contribution in [0.25, 0.3) is 0 Å². The first-order chi connectivity index (χ1) is 6.56. The highest BCUT2D eigenvalue weighted by atomic mass is 16.1. The molecule has 2 heteroatoms. The topological polar surface area (TPSA) is 29.1 Å². The summed E-state index contributed by atoms with van der Waals surface area (Å²) in [7, 11) is 0. The minimum Gasteiger partial charge on any atom is -0.356 e. The molecule has 1 unspecified atom stereocenters. The largest absolute Gasteiger partial charge is 0.356 e. The van der Waals surface area contributed by atoms with E-state index in [1.807, 2.05) is 6.92 Å². The molecule has 1 amide bonds. The van der Waals surface area contributed by atoms with Gasteiger partial charge in [0, 0.05) is 13.0 Å². The number of rotatable bonds is 3. The predicted octanol–water partition coefficient (Wildman–Crippen LogP) is 2.73. The normalized spacial score (nSPS) is 25.8. The van der Waals surface area contributed by atoms with E-state index in [4.69, 9.17) is 0 Å². The molecule has 14 heavy (non-hydrogen) atoms. The lowest BCUT2D eigenvalue weighted by atomic mass is 9.69. The molecule has 1 rings (SSSR count). The van der Waals surface area contributed by atoms with Crippen LogP contribution in [0.5, 0.6) is 0 Å². The van der Waals surface area contributed by atoms with Gasteiger partial charge in [-0.15, -0.1) is 0 Å². The molecule has 0 spiro atoms. The van der Waals surface area contributed by atoms with Crippen LogP contribution in [0.3, 0.4) is 0 Å². The van der Waals surface area contributed by atoms with Crippen molar-refractivity contribution in [2.24, 2.45) is 11.3 Å². The third-order valence-electron chi connectivity index (χ3n) is 3.60. The second-order valence-electron chi connectivity index (χ2n) is 5.09. The van der Waals surface area contributed by atoms with Crippen LogP contribution in [0.4, 0.5) is 0 Å². The lowest BCUT2D eigenvalue weighted by molar-refractivity contribution is -0.121. The SMILES string of the molecule is CCC(=O)NCC1CCCCC1(C)C. The maximum Gasteiger partial charge on any atom is 0.219 e. The maximum atomic E-state index is 11.2. The van der Waals surface area contributed by atoms with Crippen LogP contribution in [0, 0.1) is 11.3 Å². The van der Waals surface area contributed by atoms with E-state index in [-0.39, 0.29) is 5.91 Å². The predicted molar refractivity (Wildman–Crippen MR) is 59.0 cm³/mol. The van der Waals surface area contributed by atoms with Crippen LogP contribution in [0.15, 0.2) is 0 Å². The number of amides is 1. The van der Waals surface area contributed by atoms with Crippen LogP contribution >= 0.6 is 0 Å². The van der Waals surface area contributed by atoms with Gasteiger partial charge in [0.2, 0.25) is 5.91 Å². The fraction of sp³-hybridized carbons (Fsp3) is 0.917. The number of hydrogen-bond donors (Lipinski definition) is 1. The third kappa shape index (κ3) is 3.00. The highest BCUT2D eigenvalue weighted by molar-refractivity contribution is 5.75. The summed E-state index contributed by atoms with van der Waals surface area (Å²) in [5.41, 5.74) is 0.416. The highest BCUT2D eigenvalue weighted by Gasteiger charge is 2.31. The Morgan fingerprint density at radius 1 is 1.43 bits per heavy atom. The Bertz CT molecular complexity index is 198. The minimum atomic E-state index is 0.186. The average molecular weight is 197 g/mol. The van der Waals surface area contributed by atoms with E-state index in [0.717, 1.165) is 6.54 Å². The summed E-state index contributed by atoms with van der Waals surface area (Å²) in [6, 6.07) is 0. The molecule has 2 nitrogen and oxygen atoms in total. The first-order valence-electron chi connectivity index (χ1n) is 5.83. The zero-order chi connectivity index (χ0) is 10.6. The minimum absolute atomic E-state index is 0.186. The Kier molecular flexibility index (Phi) is 3.97. The second kappa shape index (κ2) is 4.81. The summed E-state index contributed by atoms with van der Waals surface area (Å²) in [6.45, 7) is 7.44. The molecule has 1 atom stereocenters. The first-order valence-corrected chi connectivity index (χ1v) is 5.83. The molecule has 0 aliphatic heterocycles. The van der Waals surface area contributed by atoms with Crippen molar-refractivity contribution in [2.75, 3.05) is 6.54 Å². The number of hydrogen-bond acceptors (Lipinski definition) is 1. The summed E-state index contributed by atoms with van der Waals surface area (Å²) < 4.78 is 0. The molecule has 0 radical (unpaired) electrons. The zero-order valence-corrected chi connectivity index (χ0v) is 9.73. The Morgan fingerprint density at radius 3 is 2.71 bits per heavy atom. The Labute approximate surface area is 87.5 Å². The molecule has 82 valence electrons. The second-order valence-corrected chi connectivity index (χ2v) is 5.09. The zero-order valence-electron chi connectivity index (χ0n) is 9.73. The van der Waals surface area contributed by atoms with Gasteiger partial charge in [-0.2, -0.15) is 0 Å². The number of nitrogens with one attached hydrogen (secondary N) is 1. The van der Waals surface area contributed by atoms with Crippen molar-refractivity contribution >= 4 is 5.91 Å². The summed E-state index contributed by atoms with van der Waals surface area (Å²) >= 11 is 0. The van der Waals surface area contributed by atoms with E-state index in [1.54, 1.807) is 0 Å². The molecule has 0 aromatic heterocycles. The Hall–Kier alpha value is -0.530. The van der Waals surface area contributed by atoms with Gasteiger partial charge in [0.15, 0.2) is 0 Å². The summed E-state index contributed by atoms with van der Waals surface area (Å²) in [5, 5.41) is 3.02. The molecule has 1 fully saturated rings. The molecular formula is C12H23NO. The van der Waals surface area contributed by atoms with Crippen LogP contribution in [0.2, 0.25) is 0 Å². The number of carbonyl (C=O) groups excluding carboxylic acids is 1. The smallest absolute Gasteiger partial charge is 0.219 e. The number of carbonyl (C=O) groups is 1. The van der Waals surface area contributed by atoms with Gasteiger partial charge in [-0.25, -0.2) is 0 Å². The van der Waals surface area contributed by atoms with E-state index in [1.165, 1.54) is 25.7 Å². The molecule has 1 saturated carbocycles. The molecule has 0 aromatic rings. The van der Waals surface area contributed by atoms with Gasteiger partial charge in [0.25, 0.3) is 0 Å². The Balaban J connectivity index is 2.38. The van der Waals surface area contributed by atoms with Crippen LogP contribution in [-0.4, -0.2) is 12.5 Å². The average Bonchev–Trinajstić information content (AvgIpc) is 2.15. The highest BCUT2D eigenvalue weighted by Crippen LogP contribution is 2.39. The van der Waals surface area contributed by atoms with E-state index in [9.17, 15) is 4.79 Å². The van der Waals surface area contributed by atoms with Gasteiger partial charge >= 0.3 is 0 Å². The van der Waals surface area contributed by atoms with Gasteiger partial charge in [0.1, 0.15) is 0 Å². The summed E-state index contributed by atoms with van der Waals surface area (Å²) in [4.78, 5) is 11.2. The van der Waals surface area contributed by atoms with Crippen molar-refractivity contribution in [3.8, 4) is 0 Å². The van der Waals surface area contributed by atoms with Crippen molar-refractivity contribution in [1.29, 1.82) is 0 Å². The molecule has 1 N–H and O–H groups in total. The Morgan fingerprint density at radius 2 is 2.14 bits per heavy atom. The third-order valence-corrected chi connectivity index (χ3v) is 3.60. The van der Waals surface area contributed by atoms with E-state index in [0.29, 0.717) is 17.8 Å². The monoisotopic (exact) mass is 197 g/mol. The molecule has 0 saturated heterocycles. The van der Waals surface area contributed by atoms with Crippen molar-refractivity contribution in [1.82, 2.24) is 5.32 Å². The van der Waals surface area contributed by atoms with Gasteiger partial charge in [-0.3, -0.25) is 4.79 Å². The fourth-order valence-electron chi connectivity index (χ4n) is 2.31. The van der Waals surface area contributed by atoms with Crippen LogP contribution < -0.4 is 5.32 Å². The molecule has 1 aliphatic carbocycles. The van der Waals surface area contributed by atoms with Gasteiger partial charge in [0.05, 0.1) is 0 Å². The van der Waals surface area contributed by atoms with Crippen LogP contribution in [-0.2, 0) is 4.79 Å². The van der Waals surface area contributed by atoms with Gasteiger partial charge in [-0.05, 0) is 24.2 Å². The van der Waals surface area contributed by atoms with Crippen molar-refractivity contribution in [3.05, 3.63) is 0 Å². The molecule has 1 aliphatic rings. The molecule has 0 aromatic carbocycles. The van der Waals surface area contributed by atoms with Crippen molar-refractivity contribution in [2.45, 2.75) is 52.9 Å². The first kappa shape index (κ1) is 11.5. The molecular weight excluding hydrogens is 174 g/mol. The van der Waals surface area contributed by atoms with E-state index >= 15 is 0 Å². The molecule has 0 heterocycles. The summed E-state index contributed by atoms with van der Waals surface area (Å²) in [6.07, 6.45) is 5.87. The lowest BCUT2D eigenvalue weighted by Crippen LogP contribution is -2.38. The van der Waals surface area contributed by atoms with Crippen molar-refractivity contribution < 1.29 is 4.79 Å². The maximum absolute atomic E-state index is 11.2. The van der Waals surface area contributed by atoms with Gasteiger partial charge < -0.3 is 5.32 Å². The standard InChI is InChI=1S/C12H23NO/c1-4-11(14)13-9-10-7-5-6-8-12(10,2)3/h10H,4-9H2,1-3H3,(H,13,14). The van der Waals surface area contributed by atoms with E-state index in [2.05, 4.69) is 19.2 Å². The van der Waals surface area contributed by atoms with E-state index < -0.39 is 0 Å². The quantitative estimate of drug-likeness (QED) is 0.740. The molecule has 0 bridgehead atoms. The fourth-order valence-corrected chi connectivity index (χ4v) is 2.31. The lowest BCUT2D eigenvalue weighted by Gasteiger charge is -2.38.